The summed E-state index contributed by atoms with van der Waals surface area (Å²) in [4.78, 5) is 14.6. The fraction of sp³-hybridized carbons (Fsp3) is 0.300. The Kier molecular flexibility index (Phi) is 4.74. The Morgan fingerprint density at radius 3 is 2.82 bits per heavy atom. The minimum Gasteiger partial charge on any atom is -0.469 e. The van der Waals surface area contributed by atoms with Crippen LogP contribution in [0.5, 0.6) is 0 Å². The highest BCUT2D eigenvalue weighted by atomic mass is 127. The van der Waals surface area contributed by atoms with Gasteiger partial charge in [-0.3, -0.25) is 4.79 Å². The Hall–Kier alpha value is -1.30. The molecule has 0 amide bonds. The van der Waals surface area contributed by atoms with E-state index >= 15 is 0 Å². The predicted octanol–water partition coefficient (Wildman–Crippen LogP) is 2.21. The van der Waals surface area contributed by atoms with Gasteiger partial charge in [-0.1, -0.05) is 0 Å². The maximum absolute atomic E-state index is 12.5. The van der Waals surface area contributed by atoms with Crippen molar-refractivity contribution in [1.82, 2.24) is 4.98 Å². The number of nitrogens with zero attached hydrogens (tertiary/aromatic N) is 2. The van der Waals surface area contributed by atoms with Crippen molar-refractivity contribution in [3.63, 3.8) is 0 Å². The summed E-state index contributed by atoms with van der Waals surface area (Å²) in [5.41, 5.74) is -0.338. The number of pyridine rings is 1. The smallest absolute Gasteiger partial charge is 0.310 e. The van der Waals surface area contributed by atoms with E-state index in [2.05, 4.69) is 9.72 Å². The second-order valence-electron chi connectivity index (χ2n) is 3.03. The van der Waals surface area contributed by atoms with Crippen LogP contribution in [-0.4, -0.2) is 18.1 Å². The lowest BCUT2D eigenvalue weighted by Crippen LogP contribution is -2.09. The third-order valence-corrected chi connectivity index (χ3v) is 2.82. The molecule has 0 aliphatic rings. The van der Waals surface area contributed by atoms with Crippen molar-refractivity contribution in [2.24, 2.45) is 0 Å². The molecule has 0 saturated carbocycles. The van der Waals surface area contributed by atoms with Crippen molar-refractivity contribution in [3.05, 3.63) is 26.6 Å². The van der Waals surface area contributed by atoms with E-state index in [9.17, 15) is 13.6 Å². The highest BCUT2D eigenvalue weighted by Gasteiger charge is 2.18. The van der Waals surface area contributed by atoms with Gasteiger partial charge in [0.25, 0.3) is 6.43 Å². The number of carbonyl (C=O) groups is 1. The van der Waals surface area contributed by atoms with Crippen LogP contribution in [-0.2, 0) is 16.0 Å². The quantitative estimate of drug-likeness (QED) is 0.618. The molecule has 0 radical (unpaired) electrons. The minimum absolute atomic E-state index is 0.161. The maximum atomic E-state index is 12.5. The molecule has 1 aromatic heterocycles. The molecule has 0 atom stereocenters. The molecule has 0 unspecified atom stereocenters. The van der Waals surface area contributed by atoms with Gasteiger partial charge in [0, 0.05) is 9.13 Å². The van der Waals surface area contributed by atoms with Gasteiger partial charge < -0.3 is 4.74 Å². The molecule has 0 aliphatic heterocycles. The fourth-order valence-electron chi connectivity index (χ4n) is 1.15. The van der Waals surface area contributed by atoms with Gasteiger partial charge in [-0.25, -0.2) is 13.8 Å². The summed E-state index contributed by atoms with van der Waals surface area (Å²) < 4.78 is 29.7. The van der Waals surface area contributed by atoms with Crippen molar-refractivity contribution in [2.45, 2.75) is 12.8 Å². The molecule has 0 fully saturated rings. The van der Waals surface area contributed by atoms with Crippen LogP contribution in [0.4, 0.5) is 8.78 Å². The summed E-state index contributed by atoms with van der Waals surface area (Å²) in [6.07, 6.45) is -2.91. The van der Waals surface area contributed by atoms with Gasteiger partial charge >= 0.3 is 5.97 Å². The third-order valence-electron chi connectivity index (χ3n) is 1.96. The Bertz CT molecular complexity index is 486. The van der Waals surface area contributed by atoms with Crippen LogP contribution in [0, 0.1) is 14.9 Å². The lowest BCUT2D eigenvalue weighted by atomic mass is 10.1. The zero-order valence-corrected chi connectivity index (χ0v) is 10.9. The summed E-state index contributed by atoms with van der Waals surface area (Å²) in [7, 11) is 1.21. The van der Waals surface area contributed by atoms with Gasteiger partial charge in [0.05, 0.1) is 13.5 Å². The largest absolute Gasteiger partial charge is 0.469 e. The molecule has 0 saturated heterocycles. The van der Waals surface area contributed by atoms with E-state index in [1.807, 2.05) is 0 Å². The van der Waals surface area contributed by atoms with Crippen molar-refractivity contribution in [2.75, 3.05) is 7.11 Å². The molecule has 0 N–H and O–H groups in total. The number of halogens is 3. The number of nitriles is 1. The number of ether oxygens (including phenoxy) is 1. The van der Waals surface area contributed by atoms with E-state index in [-0.39, 0.29) is 21.2 Å². The first-order valence-corrected chi connectivity index (χ1v) is 5.51. The lowest BCUT2D eigenvalue weighted by molar-refractivity contribution is -0.139. The number of alkyl halides is 2. The lowest BCUT2D eigenvalue weighted by Gasteiger charge is -2.07. The molecule has 90 valence electrons. The molecule has 4 nitrogen and oxygen atoms in total. The van der Waals surface area contributed by atoms with Crippen LogP contribution < -0.4 is 0 Å². The monoisotopic (exact) mass is 352 g/mol. The number of hydrogen-bond donors (Lipinski definition) is 0. The van der Waals surface area contributed by atoms with Gasteiger partial charge in [-0.05, 0) is 28.7 Å². The first-order chi connectivity index (χ1) is 7.99. The van der Waals surface area contributed by atoms with Gasteiger partial charge in [0.2, 0.25) is 0 Å². The summed E-state index contributed by atoms with van der Waals surface area (Å²) in [6.45, 7) is 0. The summed E-state index contributed by atoms with van der Waals surface area (Å²) in [5, 5.41) is 8.79. The molecule has 0 spiro atoms. The molecule has 1 rings (SSSR count). The van der Waals surface area contributed by atoms with E-state index in [4.69, 9.17) is 5.26 Å². The van der Waals surface area contributed by atoms with E-state index in [0.717, 1.165) is 0 Å². The zero-order valence-electron chi connectivity index (χ0n) is 8.71. The molecule has 0 aliphatic carbocycles. The molecular weight excluding hydrogens is 345 g/mol. The number of aromatic nitrogens is 1. The molecular formula is C10H7F2IN2O2. The first-order valence-electron chi connectivity index (χ1n) is 4.44. The molecule has 0 aromatic carbocycles. The summed E-state index contributed by atoms with van der Waals surface area (Å²) >= 11 is 1.69. The molecule has 7 heteroatoms. The van der Waals surface area contributed by atoms with Gasteiger partial charge in [-0.15, -0.1) is 0 Å². The van der Waals surface area contributed by atoms with Crippen LogP contribution in [0.3, 0.4) is 0 Å². The average molecular weight is 352 g/mol. The zero-order chi connectivity index (χ0) is 13.0. The number of methoxy groups -OCH3 is 1. The van der Waals surface area contributed by atoms with Crippen LogP contribution in [0.1, 0.15) is 23.4 Å². The van der Waals surface area contributed by atoms with E-state index < -0.39 is 18.1 Å². The molecule has 1 aromatic rings. The topological polar surface area (TPSA) is 63.0 Å². The van der Waals surface area contributed by atoms with E-state index in [1.54, 1.807) is 28.7 Å². The van der Waals surface area contributed by atoms with Crippen molar-refractivity contribution in [1.29, 1.82) is 5.26 Å². The van der Waals surface area contributed by atoms with Gasteiger partial charge in [0.1, 0.15) is 17.5 Å². The Labute approximate surface area is 110 Å². The van der Waals surface area contributed by atoms with Crippen molar-refractivity contribution in [3.8, 4) is 6.07 Å². The second-order valence-corrected chi connectivity index (χ2v) is 4.19. The van der Waals surface area contributed by atoms with E-state index in [1.165, 1.54) is 13.2 Å². The predicted molar refractivity (Wildman–Crippen MR) is 62.3 cm³/mol. The van der Waals surface area contributed by atoms with Crippen LogP contribution >= 0.6 is 22.6 Å². The summed E-state index contributed by atoms with van der Waals surface area (Å²) in [6, 6.07) is 3.04. The Balaban J connectivity index is 3.20. The fourth-order valence-corrected chi connectivity index (χ4v) is 1.89. The number of carbonyl (C=O) groups excluding carboxylic acids is 1. The summed E-state index contributed by atoms with van der Waals surface area (Å²) in [5.74, 6) is -0.552. The van der Waals surface area contributed by atoms with Gasteiger partial charge in [-0.2, -0.15) is 5.26 Å². The highest BCUT2D eigenvalue weighted by molar-refractivity contribution is 14.1. The van der Waals surface area contributed by atoms with Crippen LogP contribution in [0.15, 0.2) is 6.07 Å². The third kappa shape index (κ3) is 3.33. The molecule has 0 bridgehead atoms. The normalized spacial score (nSPS) is 10.1. The Morgan fingerprint density at radius 2 is 2.35 bits per heavy atom. The van der Waals surface area contributed by atoms with Crippen molar-refractivity contribution >= 4 is 28.6 Å². The van der Waals surface area contributed by atoms with Crippen molar-refractivity contribution < 1.29 is 18.3 Å². The maximum Gasteiger partial charge on any atom is 0.310 e. The average Bonchev–Trinajstić information content (AvgIpc) is 2.28. The second kappa shape index (κ2) is 5.86. The first kappa shape index (κ1) is 13.8. The molecule has 17 heavy (non-hydrogen) atoms. The Morgan fingerprint density at radius 1 is 1.71 bits per heavy atom. The molecule has 1 heterocycles. The highest BCUT2D eigenvalue weighted by Crippen LogP contribution is 2.24. The standard InChI is InChI=1S/C10H7F2IN2O2/c1-17-8(16)3-5-2-6(13)9(10(11)12)15-7(5)4-14/h2,10H,3H2,1H3. The van der Waals surface area contributed by atoms with E-state index in [0.29, 0.717) is 0 Å². The number of esters is 1. The SMILES string of the molecule is COC(=O)Cc1cc(I)c(C(F)F)nc1C#N. The minimum atomic E-state index is -2.75. The van der Waals surface area contributed by atoms with Gasteiger partial charge in [0.15, 0.2) is 0 Å². The number of rotatable bonds is 3. The van der Waals surface area contributed by atoms with Crippen LogP contribution in [0.25, 0.3) is 0 Å². The number of hydrogen-bond acceptors (Lipinski definition) is 4. The van der Waals surface area contributed by atoms with Crippen LogP contribution in [0.2, 0.25) is 0 Å².